The number of aromatic nitrogens is 2. The minimum Gasteiger partial charge on any atom is -0.481 e. The van der Waals surface area contributed by atoms with Crippen LogP contribution in [0, 0.1) is 23.2 Å². The molecule has 4 rings (SSSR count). The van der Waals surface area contributed by atoms with Gasteiger partial charge in [-0.3, -0.25) is 14.0 Å². The molecular formula is C23H25F5N4O3. The summed E-state index contributed by atoms with van der Waals surface area (Å²) in [5, 5.41) is 20.0. The Bertz CT molecular complexity index is 1140. The van der Waals surface area contributed by atoms with E-state index in [0.717, 1.165) is 17.2 Å². The van der Waals surface area contributed by atoms with Crippen LogP contribution < -0.4 is 5.32 Å². The van der Waals surface area contributed by atoms with Gasteiger partial charge in [-0.2, -0.15) is 18.4 Å². The number of nitrogens with one attached hydrogen (secondary N) is 1. The van der Waals surface area contributed by atoms with Crippen LogP contribution in [0.4, 0.5) is 22.0 Å². The number of halogens is 5. The van der Waals surface area contributed by atoms with Gasteiger partial charge in [-0.25, -0.2) is 13.8 Å². The van der Waals surface area contributed by atoms with Gasteiger partial charge < -0.3 is 10.4 Å². The van der Waals surface area contributed by atoms with Crippen molar-refractivity contribution < 1.29 is 36.6 Å². The molecule has 0 bridgehead atoms. The minimum atomic E-state index is -4.78. The Labute approximate surface area is 197 Å². The Morgan fingerprint density at radius 3 is 2.31 bits per heavy atom. The molecule has 12 heteroatoms. The van der Waals surface area contributed by atoms with Gasteiger partial charge in [-0.05, 0) is 57.1 Å². The molecule has 0 radical (unpaired) electrons. The molecule has 1 amide bonds. The number of nitrogens with zero attached hydrogens (tertiary/aromatic N) is 3. The smallest absolute Gasteiger partial charge is 0.435 e. The highest BCUT2D eigenvalue weighted by Crippen LogP contribution is 2.40. The largest absolute Gasteiger partial charge is 0.481 e. The number of rotatable bonds is 5. The lowest BCUT2D eigenvalue weighted by Gasteiger charge is -2.28. The number of amides is 1. The zero-order chi connectivity index (χ0) is 26.0. The molecule has 7 nitrogen and oxygen atoms in total. The van der Waals surface area contributed by atoms with Crippen LogP contribution in [0.15, 0.2) is 12.1 Å². The summed E-state index contributed by atoms with van der Waals surface area (Å²) in [4.78, 5) is 25.5. The fraction of sp³-hybridized carbons (Fsp3) is 0.565. The van der Waals surface area contributed by atoms with Crippen LogP contribution in [-0.2, 0) is 17.4 Å². The average molecular weight is 500 g/mol. The summed E-state index contributed by atoms with van der Waals surface area (Å²) < 4.78 is 68.7. The molecule has 2 aliphatic rings. The third-order valence-corrected chi connectivity index (χ3v) is 6.04. The molecule has 0 aromatic carbocycles. The van der Waals surface area contributed by atoms with Gasteiger partial charge in [0, 0.05) is 24.9 Å². The lowest BCUT2D eigenvalue weighted by Crippen LogP contribution is -2.26. The van der Waals surface area contributed by atoms with Crippen molar-refractivity contribution >= 4 is 17.5 Å². The summed E-state index contributed by atoms with van der Waals surface area (Å²) in [6, 6.07) is 4.22. The first-order chi connectivity index (χ1) is 16.4. The number of carbonyl (C=O) groups excluding carboxylic acids is 1. The van der Waals surface area contributed by atoms with E-state index in [1.807, 2.05) is 6.07 Å². The number of imidazole rings is 1. The van der Waals surface area contributed by atoms with Crippen LogP contribution in [0.5, 0.6) is 0 Å². The molecule has 2 heterocycles. The summed E-state index contributed by atoms with van der Waals surface area (Å²) in [7, 11) is 0. The van der Waals surface area contributed by atoms with Crippen molar-refractivity contribution in [3.63, 3.8) is 0 Å². The lowest BCUT2D eigenvalue weighted by molar-refractivity contribution is -0.141. The van der Waals surface area contributed by atoms with Crippen LogP contribution in [0.3, 0.4) is 0 Å². The van der Waals surface area contributed by atoms with E-state index in [1.54, 1.807) is 6.92 Å². The molecule has 2 saturated carbocycles. The molecule has 2 fully saturated rings. The maximum absolute atomic E-state index is 13.6. The molecule has 0 saturated heterocycles. The average Bonchev–Trinajstić information content (AvgIpc) is 3.57. The second-order valence-corrected chi connectivity index (χ2v) is 8.81. The number of carbonyl (C=O) groups is 2. The maximum Gasteiger partial charge on any atom is 0.435 e. The third-order valence-electron chi connectivity index (χ3n) is 6.04. The van der Waals surface area contributed by atoms with E-state index in [2.05, 4.69) is 10.3 Å². The maximum atomic E-state index is 13.6. The first kappa shape index (κ1) is 26.4. The highest BCUT2D eigenvalue weighted by molar-refractivity contribution is 5.95. The number of pyridine rings is 1. The van der Waals surface area contributed by atoms with E-state index in [4.69, 9.17) is 5.11 Å². The molecule has 190 valence electrons. The number of aliphatic carboxylic acids is 1. The molecule has 0 atom stereocenters. The Balaban J connectivity index is 0.000000497. The van der Waals surface area contributed by atoms with E-state index in [1.165, 1.54) is 12.1 Å². The predicted molar refractivity (Wildman–Crippen MR) is 114 cm³/mol. The van der Waals surface area contributed by atoms with Crippen molar-refractivity contribution in [3.05, 3.63) is 34.8 Å². The number of hydrogen-bond acceptors (Lipinski definition) is 4. The van der Waals surface area contributed by atoms with Gasteiger partial charge in [0.25, 0.3) is 5.91 Å². The molecule has 2 aromatic heterocycles. The molecule has 2 aromatic rings. The zero-order valence-electron chi connectivity index (χ0n) is 19.0. The van der Waals surface area contributed by atoms with E-state index in [-0.39, 0.29) is 66.5 Å². The number of hydrogen-bond donors (Lipinski definition) is 2. The number of carboxylic acid groups (broad SMARTS) is 1. The van der Waals surface area contributed by atoms with Crippen molar-refractivity contribution in [1.29, 1.82) is 5.26 Å². The highest BCUT2D eigenvalue weighted by atomic mass is 19.4. The topological polar surface area (TPSA) is 107 Å². The first-order valence-corrected chi connectivity index (χ1v) is 11.3. The highest BCUT2D eigenvalue weighted by Gasteiger charge is 2.41. The van der Waals surface area contributed by atoms with E-state index < -0.39 is 29.7 Å². The van der Waals surface area contributed by atoms with Crippen molar-refractivity contribution in [3.8, 4) is 6.07 Å². The Hall–Kier alpha value is -3.23. The van der Waals surface area contributed by atoms with Crippen molar-refractivity contribution in [1.82, 2.24) is 14.7 Å². The molecule has 2 N–H and O–H groups in total. The summed E-state index contributed by atoms with van der Waals surface area (Å²) >= 11 is 0. The van der Waals surface area contributed by atoms with Crippen molar-refractivity contribution in [2.24, 2.45) is 11.8 Å². The second kappa shape index (κ2) is 10.2. The SMILES string of the molecule is CCNC(=O)c1cc(C#N)n2c(CC3CCC(F)(F)CC3)c(C(F)(F)F)nc2c1.O=C(O)C1CC1. The molecular weight excluding hydrogens is 475 g/mol. The van der Waals surface area contributed by atoms with Gasteiger partial charge in [0.15, 0.2) is 5.69 Å². The van der Waals surface area contributed by atoms with E-state index >= 15 is 0 Å². The lowest BCUT2D eigenvalue weighted by atomic mass is 9.83. The molecule has 2 aliphatic carbocycles. The molecule has 0 unspecified atom stereocenters. The van der Waals surface area contributed by atoms with Gasteiger partial charge in [0.2, 0.25) is 5.92 Å². The Kier molecular flexibility index (Phi) is 7.67. The van der Waals surface area contributed by atoms with E-state index in [9.17, 15) is 36.8 Å². The molecule has 35 heavy (non-hydrogen) atoms. The number of fused-ring (bicyclic) bond motifs is 1. The second-order valence-electron chi connectivity index (χ2n) is 8.81. The summed E-state index contributed by atoms with van der Waals surface area (Å²) in [5.74, 6) is -4.30. The van der Waals surface area contributed by atoms with Crippen LogP contribution in [0.25, 0.3) is 5.65 Å². The van der Waals surface area contributed by atoms with Crippen LogP contribution >= 0.6 is 0 Å². The fourth-order valence-electron chi connectivity index (χ4n) is 4.03. The van der Waals surface area contributed by atoms with Crippen LogP contribution in [0.1, 0.15) is 72.9 Å². The summed E-state index contributed by atoms with van der Waals surface area (Å²) in [6.45, 7) is 2.00. The quantitative estimate of drug-likeness (QED) is 0.573. The minimum absolute atomic E-state index is 0.0185. The Morgan fingerprint density at radius 2 is 1.86 bits per heavy atom. The predicted octanol–water partition coefficient (Wildman–Crippen LogP) is 4.82. The Morgan fingerprint density at radius 1 is 1.23 bits per heavy atom. The standard InChI is InChI=1S/C19H19F5N4O.C4H6O2/c1-2-26-17(29)12-8-13(10-25)28-14(7-11-3-5-18(20,21)6-4-11)16(19(22,23)24)27-15(28)9-12;5-4(6)3-1-2-3/h8-9,11H,2-7H2,1H3,(H,26,29);3H,1-2H2,(H,5,6). The first-order valence-electron chi connectivity index (χ1n) is 11.3. The van der Waals surface area contributed by atoms with Crippen molar-refractivity contribution in [2.45, 2.75) is 64.0 Å². The monoisotopic (exact) mass is 500 g/mol. The number of carboxylic acids is 1. The number of nitriles is 1. The van der Waals surface area contributed by atoms with Crippen molar-refractivity contribution in [2.75, 3.05) is 6.54 Å². The summed E-state index contributed by atoms with van der Waals surface area (Å²) in [6.07, 6.45) is -3.67. The molecule has 0 spiro atoms. The van der Waals surface area contributed by atoms with Gasteiger partial charge in [-0.15, -0.1) is 0 Å². The normalized spacial score (nSPS) is 17.9. The van der Waals surface area contributed by atoms with Crippen LogP contribution in [0.2, 0.25) is 0 Å². The molecule has 0 aliphatic heterocycles. The van der Waals surface area contributed by atoms with Gasteiger partial charge >= 0.3 is 12.1 Å². The number of alkyl halides is 5. The summed E-state index contributed by atoms with van der Waals surface area (Å²) in [5.41, 5.74) is -1.70. The van der Waals surface area contributed by atoms with Gasteiger partial charge in [-0.1, -0.05) is 0 Å². The van der Waals surface area contributed by atoms with Gasteiger partial charge in [0.05, 0.1) is 11.6 Å². The van der Waals surface area contributed by atoms with E-state index in [0.29, 0.717) is 6.54 Å². The fourth-order valence-corrected chi connectivity index (χ4v) is 4.03. The van der Waals surface area contributed by atoms with Crippen LogP contribution in [-0.4, -0.2) is 38.8 Å². The zero-order valence-corrected chi connectivity index (χ0v) is 19.0. The van der Waals surface area contributed by atoms with Gasteiger partial charge in [0.1, 0.15) is 17.4 Å². The third kappa shape index (κ3) is 6.46.